The number of aromatic nitrogens is 2. The maximum absolute atomic E-state index is 10.8. The van der Waals surface area contributed by atoms with Gasteiger partial charge in [-0.3, -0.25) is 0 Å². The molecule has 0 aliphatic rings. The largest absolute Gasteiger partial charge is 0.476 e. The van der Waals surface area contributed by atoms with Gasteiger partial charge in [-0.15, -0.1) is 0 Å². The molecule has 1 aromatic heterocycles. The second kappa shape index (κ2) is 5.52. The van der Waals surface area contributed by atoms with E-state index < -0.39 is 5.97 Å². The van der Waals surface area contributed by atoms with Crippen LogP contribution in [0.1, 0.15) is 42.4 Å². The molecule has 0 radical (unpaired) electrons. The lowest BCUT2D eigenvalue weighted by molar-refractivity contribution is 0.0690. The number of hydrogen-bond donors (Lipinski definition) is 1. The van der Waals surface area contributed by atoms with Crippen LogP contribution in [-0.4, -0.2) is 21.0 Å². The van der Waals surface area contributed by atoms with Gasteiger partial charge in [0.1, 0.15) is 5.75 Å². The molecule has 1 N–H and O–H groups in total. The van der Waals surface area contributed by atoms with E-state index in [1.54, 1.807) is 0 Å². The van der Waals surface area contributed by atoms with Crippen molar-refractivity contribution in [1.29, 1.82) is 0 Å². The van der Waals surface area contributed by atoms with E-state index in [1.807, 2.05) is 19.1 Å². The zero-order valence-electron chi connectivity index (χ0n) is 12.5. The summed E-state index contributed by atoms with van der Waals surface area (Å²) in [5, 5.41) is 8.80. The predicted molar refractivity (Wildman–Crippen MR) is 78.9 cm³/mol. The quantitative estimate of drug-likeness (QED) is 0.933. The van der Waals surface area contributed by atoms with Crippen LogP contribution in [0, 0.1) is 6.92 Å². The van der Waals surface area contributed by atoms with Crippen molar-refractivity contribution in [2.75, 3.05) is 0 Å². The first-order valence-corrected chi connectivity index (χ1v) is 6.61. The molecule has 5 heteroatoms. The number of carbonyl (C=O) groups is 1. The number of carboxylic acids is 1. The summed E-state index contributed by atoms with van der Waals surface area (Å²) < 4.78 is 5.76. The molecule has 0 aliphatic heterocycles. The summed E-state index contributed by atoms with van der Waals surface area (Å²) in [6.07, 6.45) is 2.50. The minimum atomic E-state index is -1.11. The van der Waals surface area contributed by atoms with E-state index >= 15 is 0 Å². The second-order valence-corrected chi connectivity index (χ2v) is 5.90. The Morgan fingerprint density at radius 1 is 1.19 bits per heavy atom. The van der Waals surface area contributed by atoms with Gasteiger partial charge in [-0.1, -0.05) is 38.5 Å². The van der Waals surface area contributed by atoms with Crippen LogP contribution in [0.15, 0.2) is 30.6 Å². The van der Waals surface area contributed by atoms with Crippen molar-refractivity contribution in [3.05, 3.63) is 47.4 Å². The second-order valence-electron chi connectivity index (χ2n) is 5.90. The third-order valence-electron chi connectivity index (χ3n) is 3.00. The minimum Gasteiger partial charge on any atom is -0.476 e. The highest BCUT2D eigenvalue weighted by Crippen LogP contribution is 2.34. The van der Waals surface area contributed by atoms with Crippen molar-refractivity contribution in [3.8, 4) is 11.6 Å². The molecule has 0 aliphatic carbocycles. The molecule has 0 fully saturated rings. The number of hydrogen-bond acceptors (Lipinski definition) is 4. The zero-order chi connectivity index (χ0) is 15.6. The average molecular weight is 286 g/mol. The number of nitrogens with zero attached hydrogens (tertiary/aromatic N) is 2. The number of benzene rings is 1. The first-order chi connectivity index (χ1) is 9.77. The standard InChI is InChI=1S/C16H18N2O3/c1-10-5-6-13(11(7-10)16(2,3)4)21-14-9-17-12(8-18-14)15(19)20/h5-9H,1-4H3,(H,19,20). The van der Waals surface area contributed by atoms with Gasteiger partial charge in [-0.05, 0) is 18.4 Å². The first-order valence-electron chi connectivity index (χ1n) is 6.61. The summed E-state index contributed by atoms with van der Waals surface area (Å²) >= 11 is 0. The van der Waals surface area contributed by atoms with Crippen LogP contribution < -0.4 is 4.74 Å². The van der Waals surface area contributed by atoms with E-state index in [4.69, 9.17) is 9.84 Å². The third-order valence-corrected chi connectivity index (χ3v) is 3.00. The zero-order valence-corrected chi connectivity index (χ0v) is 12.5. The van der Waals surface area contributed by atoms with E-state index in [2.05, 4.69) is 36.8 Å². The highest BCUT2D eigenvalue weighted by molar-refractivity contribution is 5.84. The molecule has 110 valence electrons. The molecule has 0 amide bonds. The molecule has 0 spiro atoms. The van der Waals surface area contributed by atoms with Gasteiger partial charge in [0.05, 0.1) is 12.4 Å². The molecule has 2 aromatic rings. The van der Waals surface area contributed by atoms with Crippen LogP contribution >= 0.6 is 0 Å². The molecule has 21 heavy (non-hydrogen) atoms. The Morgan fingerprint density at radius 2 is 1.90 bits per heavy atom. The fourth-order valence-corrected chi connectivity index (χ4v) is 1.91. The number of rotatable bonds is 3. The Kier molecular flexibility index (Phi) is 3.93. The van der Waals surface area contributed by atoms with Crippen LogP contribution in [0.25, 0.3) is 0 Å². The maximum atomic E-state index is 10.8. The Labute approximate surface area is 123 Å². The van der Waals surface area contributed by atoms with E-state index in [1.165, 1.54) is 12.4 Å². The summed E-state index contributed by atoms with van der Waals surface area (Å²) in [7, 11) is 0. The van der Waals surface area contributed by atoms with Crippen molar-refractivity contribution in [1.82, 2.24) is 9.97 Å². The monoisotopic (exact) mass is 286 g/mol. The lowest BCUT2D eigenvalue weighted by Crippen LogP contribution is -2.13. The number of aryl methyl sites for hydroxylation is 1. The molecule has 2 rings (SSSR count). The lowest BCUT2D eigenvalue weighted by Gasteiger charge is -2.23. The molecule has 1 heterocycles. The van der Waals surface area contributed by atoms with Crippen LogP contribution in [0.3, 0.4) is 0 Å². The fourth-order valence-electron chi connectivity index (χ4n) is 1.91. The van der Waals surface area contributed by atoms with Crippen molar-refractivity contribution < 1.29 is 14.6 Å². The Balaban J connectivity index is 2.33. The van der Waals surface area contributed by atoms with Crippen molar-refractivity contribution in [2.24, 2.45) is 0 Å². The molecule has 0 saturated heterocycles. The molecular formula is C16H18N2O3. The Hall–Kier alpha value is -2.43. The highest BCUT2D eigenvalue weighted by Gasteiger charge is 2.20. The van der Waals surface area contributed by atoms with Crippen molar-refractivity contribution >= 4 is 5.97 Å². The van der Waals surface area contributed by atoms with E-state index in [-0.39, 0.29) is 17.0 Å². The van der Waals surface area contributed by atoms with Gasteiger partial charge in [0.15, 0.2) is 5.69 Å². The van der Waals surface area contributed by atoms with E-state index in [0.29, 0.717) is 5.75 Å². The van der Waals surface area contributed by atoms with Gasteiger partial charge in [0.2, 0.25) is 5.88 Å². The maximum Gasteiger partial charge on any atom is 0.356 e. The van der Waals surface area contributed by atoms with Gasteiger partial charge < -0.3 is 9.84 Å². The summed E-state index contributed by atoms with van der Waals surface area (Å²) in [4.78, 5) is 18.5. The van der Waals surface area contributed by atoms with Gasteiger partial charge in [-0.25, -0.2) is 14.8 Å². The minimum absolute atomic E-state index is 0.0736. The van der Waals surface area contributed by atoms with Gasteiger partial charge in [0.25, 0.3) is 0 Å². The van der Waals surface area contributed by atoms with Gasteiger partial charge >= 0.3 is 5.97 Å². The molecule has 0 unspecified atom stereocenters. The number of ether oxygens (including phenoxy) is 1. The van der Waals surface area contributed by atoms with Gasteiger partial charge in [0, 0.05) is 5.56 Å². The Morgan fingerprint density at radius 3 is 2.43 bits per heavy atom. The van der Waals surface area contributed by atoms with E-state index in [0.717, 1.165) is 11.1 Å². The van der Waals surface area contributed by atoms with Crippen LogP contribution in [0.4, 0.5) is 0 Å². The molecule has 1 aromatic carbocycles. The van der Waals surface area contributed by atoms with Gasteiger partial charge in [-0.2, -0.15) is 0 Å². The normalized spacial score (nSPS) is 11.2. The first kappa shape index (κ1) is 15.0. The molecule has 5 nitrogen and oxygen atoms in total. The average Bonchev–Trinajstić information content (AvgIpc) is 2.40. The number of aromatic carboxylic acids is 1. The van der Waals surface area contributed by atoms with Crippen molar-refractivity contribution in [3.63, 3.8) is 0 Å². The summed E-state index contributed by atoms with van der Waals surface area (Å²) in [5.41, 5.74) is 2.03. The summed E-state index contributed by atoms with van der Waals surface area (Å²) in [6, 6.07) is 5.93. The molecule has 0 bridgehead atoms. The highest BCUT2D eigenvalue weighted by atomic mass is 16.5. The Bertz CT molecular complexity index is 658. The van der Waals surface area contributed by atoms with Crippen LogP contribution in [0.5, 0.6) is 11.6 Å². The van der Waals surface area contributed by atoms with E-state index in [9.17, 15) is 4.79 Å². The van der Waals surface area contributed by atoms with Crippen LogP contribution in [-0.2, 0) is 5.41 Å². The molecule has 0 atom stereocenters. The lowest BCUT2D eigenvalue weighted by atomic mass is 9.85. The molecule has 0 saturated carbocycles. The predicted octanol–water partition coefficient (Wildman–Crippen LogP) is 3.57. The molecular weight excluding hydrogens is 268 g/mol. The van der Waals surface area contributed by atoms with Crippen LogP contribution in [0.2, 0.25) is 0 Å². The third kappa shape index (κ3) is 3.56. The summed E-state index contributed by atoms with van der Waals surface area (Å²) in [5.74, 6) is -0.139. The smallest absolute Gasteiger partial charge is 0.356 e. The fraction of sp³-hybridized carbons (Fsp3) is 0.312. The van der Waals surface area contributed by atoms with Crippen molar-refractivity contribution in [2.45, 2.75) is 33.1 Å². The topological polar surface area (TPSA) is 72.3 Å². The summed E-state index contributed by atoms with van der Waals surface area (Å²) in [6.45, 7) is 8.34. The number of carboxylic acid groups (broad SMARTS) is 1. The SMILES string of the molecule is Cc1ccc(Oc2cnc(C(=O)O)cn2)c(C(C)(C)C)c1.